The van der Waals surface area contributed by atoms with Crippen LogP contribution in [0, 0.1) is 0 Å². The molecule has 0 spiro atoms. The van der Waals surface area contributed by atoms with E-state index in [9.17, 15) is 9.59 Å². The Labute approximate surface area is 128 Å². The van der Waals surface area contributed by atoms with E-state index in [1.165, 1.54) is 6.07 Å². The summed E-state index contributed by atoms with van der Waals surface area (Å²) in [6.07, 6.45) is 3.72. The number of nitrogens with one attached hydrogen (secondary N) is 2. The second kappa shape index (κ2) is 8.50. The summed E-state index contributed by atoms with van der Waals surface area (Å²) >= 11 is 0. The molecule has 22 heavy (non-hydrogen) atoms. The van der Waals surface area contributed by atoms with Gasteiger partial charge in [0, 0.05) is 25.6 Å². The molecule has 1 aromatic rings. The first-order valence-electron chi connectivity index (χ1n) is 7.45. The first kappa shape index (κ1) is 16.4. The van der Waals surface area contributed by atoms with Crippen LogP contribution in [0.4, 0.5) is 5.82 Å². The molecule has 0 radical (unpaired) electrons. The highest BCUT2D eigenvalue weighted by Crippen LogP contribution is 2.12. The van der Waals surface area contributed by atoms with E-state index in [-0.39, 0.29) is 30.0 Å². The maximum atomic E-state index is 11.6. The molecule has 0 bridgehead atoms. The number of hydrogen-bond donors (Lipinski definition) is 3. The number of amides is 1. The molecule has 1 amide bonds. The number of rotatable bonds is 7. The van der Waals surface area contributed by atoms with Gasteiger partial charge in [0.15, 0.2) is 0 Å². The van der Waals surface area contributed by atoms with Crippen LogP contribution in [0.15, 0.2) is 10.9 Å². The Bertz CT molecular complexity index is 540. The summed E-state index contributed by atoms with van der Waals surface area (Å²) in [5.41, 5.74) is 5.18. The number of nitrogens with zero attached hydrogens (tertiary/aromatic N) is 1. The average molecular weight is 310 g/mol. The number of aromatic amines is 1. The van der Waals surface area contributed by atoms with E-state index < -0.39 is 0 Å². The Kier molecular flexibility index (Phi) is 6.35. The van der Waals surface area contributed by atoms with Crippen LogP contribution in [0.5, 0.6) is 0 Å². The Morgan fingerprint density at radius 1 is 1.55 bits per heavy atom. The highest BCUT2D eigenvalue weighted by Gasteiger charge is 2.14. The van der Waals surface area contributed by atoms with Crippen molar-refractivity contribution in [3.63, 3.8) is 0 Å². The Hall–Kier alpha value is -1.93. The number of carbonyl (C=O) groups excluding carboxylic acids is 1. The van der Waals surface area contributed by atoms with Crippen LogP contribution in [0.1, 0.15) is 25.1 Å². The smallest absolute Gasteiger partial charge is 0.252 e. The third-order valence-electron chi connectivity index (χ3n) is 3.31. The van der Waals surface area contributed by atoms with E-state index in [4.69, 9.17) is 15.2 Å². The van der Waals surface area contributed by atoms with Gasteiger partial charge in [0.1, 0.15) is 18.2 Å². The predicted molar refractivity (Wildman–Crippen MR) is 80.4 cm³/mol. The zero-order chi connectivity index (χ0) is 15.8. The highest BCUT2D eigenvalue weighted by molar-refractivity contribution is 5.77. The molecule has 1 aliphatic heterocycles. The molecule has 8 nitrogen and oxygen atoms in total. The molecule has 1 saturated heterocycles. The molecule has 122 valence electrons. The van der Waals surface area contributed by atoms with Gasteiger partial charge in [-0.25, -0.2) is 4.98 Å². The van der Waals surface area contributed by atoms with Gasteiger partial charge in [-0.3, -0.25) is 9.59 Å². The van der Waals surface area contributed by atoms with Crippen LogP contribution in [0.2, 0.25) is 0 Å². The van der Waals surface area contributed by atoms with Crippen LogP contribution in [0.25, 0.3) is 0 Å². The van der Waals surface area contributed by atoms with Crippen molar-refractivity contribution in [2.45, 2.75) is 31.8 Å². The van der Waals surface area contributed by atoms with Crippen LogP contribution in [-0.4, -0.2) is 48.3 Å². The maximum absolute atomic E-state index is 11.6. The Balaban J connectivity index is 1.60. The molecule has 2 rings (SSSR count). The summed E-state index contributed by atoms with van der Waals surface area (Å²) in [7, 11) is 0. The van der Waals surface area contributed by atoms with E-state index in [0.29, 0.717) is 25.4 Å². The fourth-order valence-corrected chi connectivity index (χ4v) is 2.24. The number of ether oxygens (including phenoxy) is 2. The van der Waals surface area contributed by atoms with Gasteiger partial charge in [0.05, 0.1) is 12.7 Å². The van der Waals surface area contributed by atoms with Gasteiger partial charge in [-0.2, -0.15) is 0 Å². The first-order chi connectivity index (χ1) is 10.6. The van der Waals surface area contributed by atoms with Crippen molar-refractivity contribution >= 4 is 11.7 Å². The summed E-state index contributed by atoms with van der Waals surface area (Å²) in [4.78, 5) is 29.4. The van der Waals surface area contributed by atoms with Gasteiger partial charge in [-0.15, -0.1) is 0 Å². The number of H-pyrrole nitrogens is 1. The lowest BCUT2D eigenvalue weighted by molar-refractivity contribution is -0.127. The Morgan fingerprint density at radius 2 is 2.41 bits per heavy atom. The molecule has 0 saturated carbocycles. The van der Waals surface area contributed by atoms with E-state index >= 15 is 0 Å². The molecule has 0 aromatic carbocycles. The van der Waals surface area contributed by atoms with Crippen molar-refractivity contribution < 1.29 is 14.3 Å². The normalized spacial score (nSPS) is 18.1. The molecular formula is C14H22N4O4. The summed E-state index contributed by atoms with van der Waals surface area (Å²) in [6, 6.07) is 1.21. The second-order valence-electron chi connectivity index (χ2n) is 5.22. The van der Waals surface area contributed by atoms with Gasteiger partial charge in [-0.05, 0) is 19.3 Å². The zero-order valence-corrected chi connectivity index (χ0v) is 12.5. The van der Waals surface area contributed by atoms with Gasteiger partial charge in [0.25, 0.3) is 5.56 Å². The minimum atomic E-state index is -0.301. The van der Waals surface area contributed by atoms with Gasteiger partial charge in [0.2, 0.25) is 5.91 Å². The van der Waals surface area contributed by atoms with Crippen LogP contribution >= 0.6 is 0 Å². The largest absolute Gasteiger partial charge is 0.383 e. The number of aromatic nitrogens is 2. The second-order valence-corrected chi connectivity index (χ2v) is 5.22. The zero-order valence-electron chi connectivity index (χ0n) is 12.5. The van der Waals surface area contributed by atoms with E-state index in [1.807, 2.05) is 0 Å². The average Bonchev–Trinajstić information content (AvgIpc) is 2.47. The number of carbonyl (C=O) groups is 1. The lowest BCUT2D eigenvalue weighted by Crippen LogP contribution is -2.32. The van der Waals surface area contributed by atoms with Crippen LogP contribution < -0.4 is 16.6 Å². The first-order valence-corrected chi connectivity index (χ1v) is 7.45. The number of anilines is 1. The fraction of sp³-hybridized carbons (Fsp3) is 0.643. The minimum absolute atomic E-state index is 0.000731. The third-order valence-corrected chi connectivity index (χ3v) is 3.31. The quantitative estimate of drug-likeness (QED) is 0.630. The van der Waals surface area contributed by atoms with Crippen molar-refractivity contribution in [2.24, 2.45) is 0 Å². The Morgan fingerprint density at radius 3 is 3.14 bits per heavy atom. The van der Waals surface area contributed by atoms with E-state index in [1.54, 1.807) is 0 Å². The van der Waals surface area contributed by atoms with Crippen molar-refractivity contribution in [1.29, 1.82) is 0 Å². The molecule has 8 heteroatoms. The number of nitrogen functional groups attached to an aromatic ring is 1. The monoisotopic (exact) mass is 310 g/mol. The molecule has 1 fully saturated rings. The summed E-state index contributed by atoms with van der Waals surface area (Å²) in [5.74, 6) is 0.407. The maximum Gasteiger partial charge on any atom is 0.252 e. The highest BCUT2D eigenvalue weighted by atomic mass is 16.5. The topological polar surface area (TPSA) is 119 Å². The number of hydrogen-bond acceptors (Lipinski definition) is 6. The molecule has 1 unspecified atom stereocenters. The molecular weight excluding hydrogens is 288 g/mol. The predicted octanol–water partition coefficient (Wildman–Crippen LogP) is -0.404. The van der Waals surface area contributed by atoms with Gasteiger partial charge >= 0.3 is 0 Å². The number of nitrogens with two attached hydrogens (primary N) is 1. The third kappa shape index (κ3) is 5.82. The standard InChI is InChI=1S/C14H22N4O4/c15-11-7-13(19)18-12(17-11)4-5-16-14(20)9-21-8-10-3-1-2-6-22-10/h7,10H,1-6,8-9H2,(H,16,20)(H3,15,17,18,19). The lowest BCUT2D eigenvalue weighted by atomic mass is 10.1. The lowest BCUT2D eigenvalue weighted by Gasteiger charge is -2.22. The molecule has 1 aromatic heterocycles. The summed E-state index contributed by atoms with van der Waals surface area (Å²) in [6.45, 7) is 1.57. The molecule has 4 N–H and O–H groups in total. The van der Waals surface area contributed by atoms with Crippen molar-refractivity contribution in [3.8, 4) is 0 Å². The summed E-state index contributed by atoms with van der Waals surface area (Å²) < 4.78 is 10.9. The molecule has 1 aliphatic rings. The van der Waals surface area contributed by atoms with E-state index in [2.05, 4.69) is 15.3 Å². The van der Waals surface area contributed by atoms with Gasteiger partial charge < -0.3 is 25.5 Å². The molecule has 2 heterocycles. The van der Waals surface area contributed by atoms with Crippen molar-refractivity contribution in [3.05, 3.63) is 22.2 Å². The SMILES string of the molecule is Nc1cc(=O)[nH]c(CCNC(=O)COCC2CCCCO2)n1. The fourth-order valence-electron chi connectivity index (χ4n) is 2.24. The van der Waals surface area contributed by atoms with Crippen molar-refractivity contribution in [2.75, 3.05) is 32.1 Å². The van der Waals surface area contributed by atoms with Crippen LogP contribution in [0.3, 0.4) is 0 Å². The van der Waals surface area contributed by atoms with Gasteiger partial charge in [-0.1, -0.05) is 0 Å². The van der Waals surface area contributed by atoms with Crippen molar-refractivity contribution in [1.82, 2.24) is 15.3 Å². The van der Waals surface area contributed by atoms with E-state index in [0.717, 1.165) is 25.9 Å². The molecule has 0 aliphatic carbocycles. The molecule has 1 atom stereocenters. The summed E-state index contributed by atoms with van der Waals surface area (Å²) in [5, 5.41) is 2.70. The van der Waals surface area contributed by atoms with Crippen LogP contribution in [-0.2, 0) is 20.7 Å². The minimum Gasteiger partial charge on any atom is -0.383 e.